The quantitative estimate of drug-likeness (QED) is 0.756. The number of hydrogen-bond donors (Lipinski definition) is 1. The number of carbonyl (C=O) groups excluding carboxylic acids is 1. The van der Waals surface area contributed by atoms with E-state index in [1.165, 1.54) is 5.56 Å². The number of nitrogens with zero attached hydrogens (tertiary/aromatic N) is 2. The Balaban J connectivity index is 1.76. The van der Waals surface area contributed by atoms with Crippen molar-refractivity contribution in [1.29, 1.82) is 0 Å². The second-order valence-corrected chi connectivity index (χ2v) is 6.87. The van der Waals surface area contributed by atoms with Gasteiger partial charge in [-0.3, -0.25) is 4.79 Å². The summed E-state index contributed by atoms with van der Waals surface area (Å²) in [5.74, 6) is 0.105. The molecule has 0 saturated carbocycles. The van der Waals surface area contributed by atoms with Gasteiger partial charge in [-0.15, -0.1) is 11.3 Å². The Morgan fingerprint density at radius 1 is 1.26 bits per heavy atom. The largest absolute Gasteiger partial charge is 0.356 e. The van der Waals surface area contributed by atoms with Crippen molar-refractivity contribution in [3.05, 3.63) is 40.9 Å². The van der Waals surface area contributed by atoms with Gasteiger partial charge in [-0.2, -0.15) is 0 Å². The maximum absolute atomic E-state index is 11.8. The molecule has 0 radical (unpaired) electrons. The molecule has 0 aliphatic heterocycles. The first-order valence-electron chi connectivity index (χ1n) is 7.97. The Bertz CT molecular complexity index is 619. The Kier molecular flexibility index (Phi) is 6.74. The summed E-state index contributed by atoms with van der Waals surface area (Å²) in [5.41, 5.74) is 3.38. The van der Waals surface area contributed by atoms with Crippen LogP contribution in [0.2, 0.25) is 0 Å². The zero-order valence-electron chi connectivity index (χ0n) is 14.1. The molecular weight excluding hydrogens is 306 g/mol. The minimum atomic E-state index is 0.105. The van der Waals surface area contributed by atoms with Gasteiger partial charge in [0.2, 0.25) is 5.91 Å². The predicted octanol–water partition coefficient (Wildman–Crippen LogP) is 3.12. The second kappa shape index (κ2) is 8.79. The lowest BCUT2D eigenvalue weighted by molar-refractivity contribution is -0.121. The summed E-state index contributed by atoms with van der Waals surface area (Å²) in [4.78, 5) is 18.6. The molecule has 0 saturated heterocycles. The molecule has 2 rings (SSSR count). The highest BCUT2D eigenvalue weighted by molar-refractivity contribution is 7.13. The molecule has 1 aromatic heterocycles. The first kappa shape index (κ1) is 17.6. The van der Waals surface area contributed by atoms with Crippen molar-refractivity contribution in [2.24, 2.45) is 0 Å². The van der Waals surface area contributed by atoms with E-state index in [1.807, 2.05) is 14.1 Å². The molecule has 0 aliphatic rings. The highest BCUT2D eigenvalue weighted by Crippen LogP contribution is 2.24. The van der Waals surface area contributed by atoms with Gasteiger partial charge in [0.1, 0.15) is 5.01 Å². The molecule has 0 spiro atoms. The van der Waals surface area contributed by atoms with Crippen LogP contribution >= 0.6 is 11.3 Å². The van der Waals surface area contributed by atoms with Crippen LogP contribution in [0.1, 0.15) is 24.1 Å². The van der Waals surface area contributed by atoms with Crippen molar-refractivity contribution in [3.8, 4) is 10.6 Å². The fourth-order valence-electron chi connectivity index (χ4n) is 2.20. The molecule has 0 atom stereocenters. The first-order valence-corrected chi connectivity index (χ1v) is 8.85. The molecule has 1 heterocycles. The van der Waals surface area contributed by atoms with Crippen LogP contribution in [0.5, 0.6) is 0 Å². The van der Waals surface area contributed by atoms with Crippen molar-refractivity contribution in [2.75, 3.05) is 27.2 Å². The molecule has 0 unspecified atom stereocenters. The summed E-state index contributed by atoms with van der Waals surface area (Å²) in [7, 11) is 4.07. The minimum Gasteiger partial charge on any atom is -0.356 e. The van der Waals surface area contributed by atoms with Crippen LogP contribution in [-0.2, 0) is 11.2 Å². The number of aromatic nitrogens is 1. The lowest BCUT2D eigenvalue weighted by atomic mass is 10.1. The van der Waals surface area contributed by atoms with Crippen LogP contribution in [0.3, 0.4) is 0 Å². The highest BCUT2D eigenvalue weighted by atomic mass is 32.1. The van der Waals surface area contributed by atoms with E-state index in [-0.39, 0.29) is 5.91 Å². The minimum absolute atomic E-state index is 0.105. The molecule has 124 valence electrons. The molecule has 4 nitrogen and oxygen atoms in total. The van der Waals surface area contributed by atoms with Crippen molar-refractivity contribution in [1.82, 2.24) is 15.2 Å². The average molecular weight is 331 g/mol. The van der Waals surface area contributed by atoms with Crippen LogP contribution in [0.15, 0.2) is 29.6 Å². The average Bonchev–Trinajstić information content (AvgIpc) is 2.99. The van der Waals surface area contributed by atoms with Crippen molar-refractivity contribution in [3.63, 3.8) is 0 Å². The molecule has 0 bridgehead atoms. The Morgan fingerprint density at radius 2 is 2.00 bits per heavy atom. The number of carbonyl (C=O) groups is 1. The molecule has 2 aromatic rings. The van der Waals surface area contributed by atoms with Crippen molar-refractivity contribution in [2.45, 2.75) is 26.2 Å². The maximum Gasteiger partial charge on any atom is 0.220 e. The van der Waals surface area contributed by atoms with Crippen LogP contribution in [0.4, 0.5) is 0 Å². The Morgan fingerprint density at radius 3 is 2.70 bits per heavy atom. The van der Waals surface area contributed by atoms with Gasteiger partial charge in [-0.25, -0.2) is 4.98 Å². The van der Waals surface area contributed by atoms with E-state index >= 15 is 0 Å². The SMILES string of the molecule is Cc1ccc(-c2nc(CCC(=O)NCCCN(C)C)cs2)cc1. The van der Waals surface area contributed by atoms with E-state index in [4.69, 9.17) is 0 Å². The fourth-order valence-corrected chi connectivity index (χ4v) is 3.06. The van der Waals surface area contributed by atoms with Gasteiger partial charge >= 0.3 is 0 Å². The zero-order valence-corrected chi connectivity index (χ0v) is 14.9. The summed E-state index contributed by atoms with van der Waals surface area (Å²) >= 11 is 1.64. The number of nitrogens with one attached hydrogen (secondary N) is 1. The smallest absolute Gasteiger partial charge is 0.220 e. The number of amides is 1. The number of aryl methyl sites for hydroxylation is 2. The maximum atomic E-state index is 11.8. The Hall–Kier alpha value is -1.72. The van der Waals surface area contributed by atoms with E-state index in [0.717, 1.165) is 35.8 Å². The second-order valence-electron chi connectivity index (χ2n) is 6.02. The van der Waals surface area contributed by atoms with Gasteiger partial charge in [-0.05, 0) is 40.4 Å². The number of thiazole rings is 1. The van der Waals surface area contributed by atoms with Gasteiger partial charge < -0.3 is 10.2 Å². The summed E-state index contributed by atoms with van der Waals surface area (Å²) in [6.45, 7) is 3.81. The summed E-state index contributed by atoms with van der Waals surface area (Å²) in [6, 6.07) is 8.37. The van der Waals surface area contributed by atoms with Gasteiger partial charge in [0.25, 0.3) is 0 Å². The van der Waals surface area contributed by atoms with Crippen LogP contribution in [0.25, 0.3) is 10.6 Å². The highest BCUT2D eigenvalue weighted by Gasteiger charge is 2.07. The van der Waals surface area contributed by atoms with E-state index in [9.17, 15) is 4.79 Å². The fraction of sp³-hybridized carbons (Fsp3) is 0.444. The molecule has 1 N–H and O–H groups in total. The molecule has 0 fully saturated rings. The molecule has 1 amide bonds. The van der Waals surface area contributed by atoms with E-state index in [2.05, 4.69) is 51.8 Å². The van der Waals surface area contributed by atoms with Crippen LogP contribution in [-0.4, -0.2) is 43.0 Å². The summed E-state index contributed by atoms with van der Waals surface area (Å²) < 4.78 is 0. The number of hydrogen-bond acceptors (Lipinski definition) is 4. The molecule has 5 heteroatoms. The lowest BCUT2D eigenvalue weighted by Crippen LogP contribution is -2.27. The third-order valence-electron chi connectivity index (χ3n) is 3.56. The topological polar surface area (TPSA) is 45.2 Å². The third kappa shape index (κ3) is 6.12. The predicted molar refractivity (Wildman–Crippen MR) is 96.8 cm³/mol. The monoisotopic (exact) mass is 331 g/mol. The molecule has 23 heavy (non-hydrogen) atoms. The van der Waals surface area contributed by atoms with Crippen molar-refractivity contribution >= 4 is 17.2 Å². The Labute approximate surface area is 142 Å². The van der Waals surface area contributed by atoms with Crippen molar-refractivity contribution < 1.29 is 4.79 Å². The van der Waals surface area contributed by atoms with Gasteiger partial charge in [0, 0.05) is 23.9 Å². The summed E-state index contributed by atoms with van der Waals surface area (Å²) in [5, 5.41) is 6.03. The lowest BCUT2D eigenvalue weighted by Gasteiger charge is -2.09. The third-order valence-corrected chi connectivity index (χ3v) is 4.50. The molecular formula is C18H25N3OS. The van der Waals surface area contributed by atoms with E-state index in [1.54, 1.807) is 11.3 Å². The van der Waals surface area contributed by atoms with Gasteiger partial charge in [-0.1, -0.05) is 29.8 Å². The van der Waals surface area contributed by atoms with Crippen LogP contribution < -0.4 is 5.32 Å². The van der Waals surface area contributed by atoms with E-state index in [0.29, 0.717) is 12.8 Å². The molecule has 1 aromatic carbocycles. The number of benzene rings is 1. The van der Waals surface area contributed by atoms with Gasteiger partial charge in [0.05, 0.1) is 5.69 Å². The first-order chi connectivity index (χ1) is 11.0. The number of rotatable bonds is 8. The van der Waals surface area contributed by atoms with Gasteiger partial charge in [0.15, 0.2) is 0 Å². The summed E-state index contributed by atoms with van der Waals surface area (Å²) in [6.07, 6.45) is 2.17. The zero-order chi connectivity index (χ0) is 16.7. The standard InChI is InChI=1S/C18H25N3OS/c1-14-5-7-15(8-6-14)18-20-16(13-23-18)9-10-17(22)19-11-4-12-21(2)3/h5-8,13H,4,9-12H2,1-3H3,(H,19,22). The normalized spacial score (nSPS) is 11.0. The molecule has 0 aliphatic carbocycles. The van der Waals surface area contributed by atoms with Crippen LogP contribution in [0, 0.1) is 6.92 Å². The van der Waals surface area contributed by atoms with E-state index < -0.39 is 0 Å².